The molecule has 0 aliphatic carbocycles. The number of nitrogens with one attached hydrogen (secondary N) is 2. The van der Waals surface area contributed by atoms with Crippen molar-refractivity contribution in [2.24, 2.45) is 0 Å². The van der Waals surface area contributed by atoms with Crippen molar-refractivity contribution in [3.63, 3.8) is 0 Å². The minimum atomic E-state index is -0.539. The summed E-state index contributed by atoms with van der Waals surface area (Å²) in [6.45, 7) is 2.48. The van der Waals surface area contributed by atoms with E-state index in [0.29, 0.717) is 12.3 Å². The van der Waals surface area contributed by atoms with Crippen molar-refractivity contribution in [2.45, 2.75) is 31.9 Å². The molecule has 2 atom stereocenters. The third kappa shape index (κ3) is 3.19. The predicted molar refractivity (Wildman–Crippen MR) is 75.0 cm³/mol. The molecule has 1 aromatic carbocycles. The number of hydrogen-bond acceptors (Lipinski definition) is 3. The third-order valence-corrected chi connectivity index (χ3v) is 3.02. The summed E-state index contributed by atoms with van der Waals surface area (Å²) in [5.41, 5.74) is 0.911. The van der Waals surface area contributed by atoms with E-state index in [1.54, 1.807) is 0 Å². The molecule has 2 unspecified atom stereocenters. The highest BCUT2D eigenvalue weighted by atomic mass is 16.5. The minimum Gasteiger partial charge on any atom is -0.477 e. The van der Waals surface area contributed by atoms with Gasteiger partial charge in [0.2, 0.25) is 0 Å². The Kier molecular flexibility index (Phi) is 4.30. The summed E-state index contributed by atoms with van der Waals surface area (Å²) in [6, 6.07) is 7.34. The zero-order valence-corrected chi connectivity index (χ0v) is 11.0. The number of amides is 1. The van der Waals surface area contributed by atoms with Crippen LogP contribution in [0.25, 0.3) is 0 Å². The molecule has 4 nitrogen and oxygen atoms in total. The number of anilines is 1. The molecule has 1 heterocycles. The Hall–Kier alpha value is -2.15. The lowest BCUT2D eigenvalue weighted by Gasteiger charge is -2.27. The van der Waals surface area contributed by atoms with Crippen molar-refractivity contribution < 1.29 is 9.53 Å². The number of hydrogen-bond donors (Lipinski definition) is 2. The zero-order valence-electron chi connectivity index (χ0n) is 11.0. The molecule has 1 aliphatic rings. The van der Waals surface area contributed by atoms with E-state index < -0.39 is 6.10 Å². The van der Waals surface area contributed by atoms with Crippen molar-refractivity contribution in [2.75, 3.05) is 11.9 Å². The maximum Gasteiger partial charge on any atom is 0.263 e. The average Bonchev–Trinajstić information content (AvgIpc) is 2.46. The number of carbonyl (C=O) groups is 1. The first-order chi connectivity index (χ1) is 9.24. The van der Waals surface area contributed by atoms with Crippen LogP contribution in [-0.4, -0.2) is 24.6 Å². The van der Waals surface area contributed by atoms with Gasteiger partial charge in [0.05, 0.1) is 18.3 Å². The van der Waals surface area contributed by atoms with E-state index >= 15 is 0 Å². The van der Waals surface area contributed by atoms with Crippen LogP contribution in [-0.2, 0) is 4.79 Å². The molecule has 1 amide bonds. The fourth-order valence-corrected chi connectivity index (χ4v) is 2.01. The van der Waals surface area contributed by atoms with Gasteiger partial charge in [-0.25, -0.2) is 0 Å². The maximum atomic E-state index is 12.1. The summed E-state index contributed by atoms with van der Waals surface area (Å²) in [6.07, 6.45) is 6.56. The molecule has 0 fully saturated rings. The molecule has 2 N–H and O–H groups in total. The van der Waals surface area contributed by atoms with Crippen molar-refractivity contribution in [3.05, 3.63) is 24.3 Å². The Labute approximate surface area is 113 Å². The van der Waals surface area contributed by atoms with Gasteiger partial charge in [-0.3, -0.25) is 4.79 Å². The van der Waals surface area contributed by atoms with Crippen LogP contribution in [0.2, 0.25) is 0 Å². The molecule has 1 aliphatic heterocycles. The van der Waals surface area contributed by atoms with Gasteiger partial charge in [0.25, 0.3) is 5.91 Å². The fourth-order valence-electron chi connectivity index (χ4n) is 2.01. The van der Waals surface area contributed by atoms with Crippen molar-refractivity contribution in [1.82, 2.24) is 5.32 Å². The van der Waals surface area contributed by atoms with Gasteiger partial charge in [0.1, 0.15) is 5.75 Å². The van der Waals surface area contributed by atoms with Crippen LogP contribution < -0.4 is 15.4 Å². The van der Waals surface area contributed by atoms with Gasteiger partial charge in [0, 0.05) is 0 Å². The molecular weight excluding hydrogens is 240 g/mol. The van der Waals surface area contributed by atoms with Crippen LogP contribution in [0.4, 0.5) is 5.69 Å². The topological polar surface area (TPSA) is 50.4 Å². The molecule has 19 heavy (non-hydrogen) atoms. The minimum absolute atomic E-state index is 0.168. The van der Waals surface area contributed by atoms with E-state index in [0.717, 1.165) is 18.5 Å². The molecule has 2 rings (SSSR count). The molecule has 0 radical (unpaired) electrons. The molecule has 0 saturated carbocycles. The van der Waals surface area contributed by atoms with E-state index in [4.69, 9.17) is 11.2 Å². The molecule has 0 bridgehead atoms. The van der Waals surface area contributed by atoms with Gasteiger partial charge in [-0.2, -0.15) is 0 Å². The zero-order chi connectivity index (χ0) is 13.7. The summed E-state index contributed by atoms with van der Waals surface area (Å²) in [7, 11) is 0. The summed E-state index contributed by atoms with van der Waals surface area (Å²) in [4.78, 5) is 12.1. The summed E-state index contributed by atoms with van der Waals surface area (Å²) >= 11 is 0. The SMILES string of the molecule is C#CC(CCC)NC(=O)C1CNc2ccccc2O1. The molecule has 4 heteroatoms. The highest BCUT2D eigenvalue weighted by Gasteiger charge is 2.26. The van der Waals surface area contributed by atoms with Crippen molar-refractivity contribution in [3.8, 4) is 18.1 Å². The number of fused-ring (bicyclic) bond motifs is 1. The predicted octanol–water partition coefficient (Wildman–Crippen LogP) is 1.78. The van der Waals surface area contributed by atoms with Gasteiger partial charge in [-0.1, -0.05) is 31.4 Å². The van der Waals surface area contributed by atoms with Gasteiger partial charge in [-0.05, 0) is 18.6 Å². The second-order valence-corrected chi connectivity index (χ2v) is 4.50. The lowest BCUT2D eigenvalue weighted by molar-refractivity contribution is -0.128. The maximum absolute atomic E-state index is 12.1. The number of benzene rings is 1. The molecular formula is C15H18N2O2. The average molecular weight is 258 g/mol. The largest absolute Gasteiger partial charge is 0.477 e. The van der Waals surface area contributed by atoms with Crippen LogP contribution >= 0.6 is 0 Å². The quantitative estimate of drug-likeness (QED) is 0.809. The molecule has 0 aromatic heterocycles. The van der Waals surface area contributed by atoms with E-state index in [9.17, 15) is 4.79 Å². The van der Waals surface area contributed by atoms with Crippen LogP contribution in [0, 0.1) is 12.3 Å². The summed E-state index contributed by atoms with van der Waals surface area (Å²) < 4.78 is 5.67. The van der Waals surface area contributed by atoms with Crippen LogP contribution in [0.3, 0.4) is 0 Å². The number of ether oxygens (including phenoxy) is 1. The second kappa shape index (κ2) is 6.14. The Balaban J connectivity index is 1.97. The molecule has 0 spiro atoms. The molecule has 1 aromatic rings. The number of rotatable bonds is 4. The van der Waals surface area contributed by atoms with Crippen LogP contribution in [0.15, 0.2) is 24.3 Å². The first kappa shape index (κ1) is 13.3. The molecule has 100 valence electrons. The lowest BCUT2D eigenvalue weighted by Crippen LogP contribution is -2.47. The smallest absolute Gasteiger partial charge is 0.263 e. The number of carbonyl (C=O) groups excluding carboxylic acids is 1. The standard InChI is InChI=1S/C15H18N2O2/c1-3-7-11(4-2)17-15(18)14-10-16-12-8-5-6-9-13(12)19-14/h2,5-6,8-9,11,14,16H,3,7,10H2,1H3,(H,17,18). The van der Waals surface area contributed by atoms with Gasteiger partial charge < -0.3 is 15.4 Å². The lowest BCUT2D eigenvalue weighted by atomic mass is 10.1. The first-order valence-corrected chi connectivity index (χ1v) is 6.50. The highest BCUT2D eigenvalue weighted by Crippen LogP contribution is 2.28. The highest BCUT2D eigenvalue weighted by molar-refractivity contribution is 5.83. The first-order valence-electron chi connectivity index (χ1n) is 6.50. The third-order valence-electron chi connectivity index (χ3n) is 3.02. The Morgan fingerprint density at radius 2 is 2.42 bits per heavy atom. The normalized spacial score (nSPS) is 18.2. The van der Waals surface area contributed by atoms with E-state index in [1.165, 1.54) is 0 Å². The Bertz CT molecular complexity index is 493. The number of terminal acetylenes is 1. The Morgan fingerprint density at radius 1 is 1.63 bits per heavy atom. The van der Waals surface area contributed by atoms with Crippen LogP contribution in [0.1, 0.15) is 19.8 Å². The van der Waals surface area contributed by atoms with E-state index in [2.05, 4.69) is 16.6 Å². The van der Waals surface area contributed by atoms with Crippen molar-refractivity contribution in [1.29, 1.82) is 0 Å². The summed E-state index contributed by atoms with van der Waals surface area (Å²) in [5.74, 6) is 3.11. The summed E-state index contributed by atoms with van der Waals surface area (Å²) in [5, 5.41) is 6.01. The van der Waals surface area contributed by atoms with Gasteiger partial charge in [-0.15, -0.1) is 6.42 Å². The van der Waals surface area contributed by atoms with Gasteiger partial charge in [0.15, 0.2) is 6.10 Å². The number of para-hydroxylation sites is 2. The molecule has 0 saturated heterocycles. The van der Waals surface area contributed by atoms with Gasteiger partial charge >= 0.3 is 0 Å². The fraction of sp³-hybridized carbons (Fsp3) is 0.400. The Morgan fingerprint density at radius 3 is 3.16 bits per heavy atom. The van der Waals surface area contributed by atoms with E-state index in [-0.39, 0.29) is 11.9 Å². The van der Waals surface area contributed by atoms with E-state index in [1.807, 2.05) is 31.2 Å². The van der Waals surface area contributed by atoms with Crippen LogP contribution in [0.5, 0.6) is 5.75 Å². The second-order valence-electron chi connectivity index (χ2n) is 4.50. The van der Waals surface area contributed by atoms with Crippen molar-refractivity contribution >= 4 is 11.6 Å². The monoisotopic (exact) mass is 258 g/mol.